The largest absolute Gasteiger partial charge is 0.496 e. The monoisotopic (exact) mass is 231 g/mol. The molecule has 0 amide bonds. The van der Waals surface area contributed by atoms with Crippen molar-refractivity contribution in [3.8, 4) is 16.9 Å². The maximum Gasteiger partial charge on any atom is 0.127 e. The number of benzene rings is 1. The fraction of sp³-hybridized carbons (Fsp3) is 0.308. The Kier molecular flexibility index (Phi) is 3.15. The van der Waals surface area contributed by atoms with E-state index in [1.807, 2.05) is 6.07 Å². The van der Waals surface area contributed by atoms with Crippen LogP contribution in [0.4, 0.5) is 0 Å². The highest BCUT2D eigenvalue weighted by atomic mass is 16.5. The van der Waals surface area contributed by atoms with Crippen molar-refractivity contribution in [3.63, 3.8) is 0 Å². The van der Waals surface area contributed by atoms with Crippen molar-refractivity contribution in [2.45, 2.75) is 20.4 Å². The van der Waals surface area contributed by atoms with Gasteiger partial charge in [-0.2, -0.15) is 5.10 Å². The molecular weight excluding hydrogens is 214 g/mol. The Balaban J connectivity index is 2.66. The third kappa shape index (κ3) is 2.03. The van der Waals surface area contributed by atoms with Crippen LogP contribution in [0.1, 0.15) is 16.8 Å². The van der Waals surface area contributed by atoms with Crippen molar-refractivity contribution in [3.05, 3.63) is 35.2 Å². The maximum absolute atomic E-state index is 5.69. The van der Waals surface area contributed by atoms with Gasteiger partial charge >= 0.3 is 0 Å². The predicted octanol–water partition coefficient (Wildman–Crippen LogP) is 2.16. The molecule has 0 aliphatic carbocycles. The van der Waals surface area contributed by atoms with E-state index < -0.39 is 0 Å². The molecule has 4 heteroatoms. The molecule has 1 aromatic carbocycles. The van der Waals surface area contributed by atoms with Crippen LogP contribution >= 0.6 is 0 Å². The Morgan fingerprint density at radius 1 is 1.35 bits per heavy atom. The number of nitrogens with one attached hydrogen (secondary N) is 1. The average molecular weight is 231 g/mol. The van der Waals surface area contributed by atoms with Crippen molar-refractivity contribution in [2.75, 3.05) is 7.11 Å². The second-order valence-electron chi connectivity index (χ2n) is 4.13. The van der Waals surface area contributed by atoms with Crippen molar-refractivity contribution >= 4 is 0 Å². The number of ether oxygens (including phenoxy) is 1. The first-order valence-corrected chi connectivity index (χ1v) is 5.55. The van der Waals surface area contributed by atoms with E-state index in [0.717, 1.165) is 28.1 Å². The number of aromatic nitrogens is 2. The Hall–Kier alpha value is -1.81. The molecule has 0 saturated carbocycles. The molecule has 17 heavy (non-hydrogen) atoms. The van der Waals surface area contributed by atoms with Gasteiger partial charge in [0, 0.05) is 17.7 Å². The van der Waals surface area contributed by atoms with Crippen LogP contribution in [-0.4, -0.2) is 17.3 Å². The number of hydrogen-bond donors (Lipinski definition) is 2. The Morgan fingerprint density at radius 2 is 2.12 bits per heavy atom. The van der Waals surface area contributed by atoms with E-state index in [1.165, 1.54) is 5.56 Å². The first kappa shape index (κ1) is 11.7. The van der Waals surface area contributed by atoms with Crippen LogP contribution in [0, 0.1) is 13.8 Å². The molecule has 0 bridgehead atoms. The lowest BCUT2D eigenvalue weighted by Crippen LogP contribution is -2.00. The lowest BCUT2D eigenvalue weighted by molar-refractivity contribution is 0.416. The van der Waals surface area contributed by atoms with E-state index in [4.69, 9.17) is 10.5 Å². The molecule has 0 radical (unpaired) electrons. The van der Waals surface area contributed by atoms with Gasteiger partial charge in [0.15, 0.2) is 0 Å². The fourth-order valence-electron chi connectivity index (χ4n) is 2.12. The summed E-state index contributed by atoms with van der Waals surface area (Å²) in [6.07, 6.45) is 1.79. The molecular formula is C13H17N3O. The number of rotatable bonds is 3. The first-order chi connectivity index (χ1) is 8.17. The van der Waals surface area contributed by atoms with E-state index in [-0.39, 0.29) is 0 Å². The topological polar surface area (TPSA) is 63.9 Å². The van der Waals surface area contributed by atoms with Gasteiger partial charge in [-0.15, -0.1) is 0 Å². The first-order valence-electron chi connectivity index (χ1n) is 5.55. The molecule has 0 saturated heterocycles. The van der Waals surface area contributed by atoms with Gasteiger partial charge < -0.3 is 10.5 Å². The fourth-order valence-corrected chi connectivity index (χ4v) is 2.12. The minimum Gasteiger partial charge on any atom is -0.496 e. The summed E-state index contributed by atoms with van der Waals surface area (Å²) in [6, 6.07) is 4.15. The van der Waals surface area contributed by atoms with Gasteiger partial charge in [-0.25, -0.2) is 0 Å². The maximum atomic E-state index is 5.69. The summed E-state index contributed by atoms with van der Waals surface area (Å²) in [4.78, 5) is 0. The van der Waals surface area contributed by atoms with Crippen LogP contribution in [0.5, 0.6) is 5.75 Å². The summed E-state index contributed by atoms with van der Waals surface area (Å²) in [5, 5.41) is 6.96. The molecule has 90 valence electrons. The number of methoxy groups -OCH3 is 1. The lowest BCUT2D eigenvalue weighted by Gasteiger charge is -2.12. The standard InChI is InChI=1S/C13H17N3O/c1-8-4-9(2)13(12(5-8)17-3)10-7-15-16-11(10)6-14/h4-5,7H,6,14H2,1-3H3,(H,15,16). The Bertz CT molecular complexity index is 531. The van der Waals surface area contributed by atoms with Crippen molar-refractivity contribution in [1.82, 2.24) is 10.2 Å². The highest BCUT2D eigenvalue weighted by Crippen LogP contribution is 2.35. The molecule has 2 rings (SSSR count). The van der Waals surface area contributed by atoms with Crippen LogP contribution in [0.15, 0.2) is 18.3 Å². The second-order valence-corrected chi connectivity index (χ2v) is 4.13. The molecule has 2 aromatic rings. The summed E-state index contributed by atoms with van der Waals surface area (Å²) < 4.78 is 5.45. The van der Waals surface area contributed by atoms with Gasteiger partial charge in [0.1, 0.15) is 5.75 Å². The molecule has 0 spiro atoms. The highest BCUT2D eigenvalue weighted by Gasteiger charge is 2.14. The van der Waals surface area contributed by atoms with Crippen LogP contribution in [0.25, 0.3) is 11.1 Å². The van der Waals surface area contributed by atoms with Gasteiger partial charge in [0.05, 0.1) is 19.0 Å². The number of H-pyrrole nitrogens is 1. The minimum absolute atomic E-state index is 0.436. The number of hydrogen-bond acceptors (Lipinski definition) is 3. The molecule has 0 fully saturated rings. The highest BCUT2D eigenvalue weighted by molar-refractivity contribution is 5.75. The summed E-state index contributed by atoms with van der Waals surface area (Å²) in [5.74, 6) is 0.860. The van der Waals surface area contributed by atoms with Crippen molar-refractivity contribution in [1.29, 1.82) is 0 Å². The zero-order chi connectivity index (χ0) is 12.4. The smallest absolute Gasteiger partial charge is 0.127 e. The molecule has 0 aliphatic rings. The Labute approximate surface area is 101 Å². The Morgan fingerprint density at radius 3 is 2.76 bits per heavy atom. The van der Waals surface area contributed by atoms with E-state index in [9.17, 15) is 0 Å². The van der Waals surface area contributed by atoms with Gasteiger partial charge in [-0.05, 0) is 31.0 Å². The SMILES string of the molecule is COc1cc(C)cc(C)c1-c1cn[nH]c1CN. The zero-order valence-electron chi connectivity index (χ0n) is 10.4. The second kappa shape index (κ2) is 4.59. The van der Waals surface area contributed by atoms with Crippen molar-refractivity contribution < 1.29 is 4.74 Å². The lowest BCUT2D eigenvalue weighted by atomic mass is 9.98. The number of nitrogens with two attached hydrogens (primary N) is 1. The third-order valence-electron chi connectivity index (χ3n) is 2.86. The molecule has 1 aromatic heterocycles. The van der Waals surface area contributed by atoms with Crippen molar-refractivity contribution in [2.24, 2.45) is 5.73 Å². The summed E-state index contributed by atoms with van der Waals surface area (Å²) in [6.45, 7) is 4.56. The molecule has 0 unspecified atom stereocenters. The molecule has 4 nitrogen and oxygen atoms in total. The molecule has 0 aliphatic heterocycles. The normalized spacial score (nSPS) is 10.6. The van der Waals surface area contributed by atoms with E-state index >= 15 is 0 Å². The number of aryl methyl sites for hydroxylation is 2. The van der Waals surface area contributed by atoms with Gasteiger partial charge in [-0.3, -0.25) is 5.10 Å². The minimum atomic E-state index is 0.436. The van der Waals surface area contributed by atoms with Gasteiger partial charge in [0.25, 0.3) is 0 Å². The summed E-state index contributed by atoms with van der Waals surface area (Å²) >= 11 is 0. The van der Waals surface area contributed by atoms with E-state index in [2.05, 4.69) is 30.1 Å². The predicted molar refractivity (Wildman–Crippen MR) is 67.9 cm³/mol. The van der Waals surface area contributed by atoms with E-state index in [1.54, 1.807) is 13.3 Å². The van der Waals surface area contributed by atoms with E-state index in [0.29, 0.717) is 6.54 Å². The van der Waals surface area contributed by atoms with Crippen LogP contribution in [0.2, 0.25) is 0 Å². The molecule has 0 atom stereocenters. The van der Waals surface area contributed by atoms with Gasteiger partial charge in [-0.1, -0.05) is 6.07 Å². The number of aromatic amines is 1. The third-order valence-corrected chi connectivity index (χ3v) is 2.86. The molecule has 1 heterocycles. The molecule has 3 N–H and O–H groups in total. The quantitative estimate of drug-likeness (QED) is 0.850. The number of nitrogens with zero attached hydrogens (tertiary/aromatic N) is 1. The van der Waals surface area contributed by atoms with Crippen LogP contribution in [0.3, 0.4) is 0 Å². The summed E-state index contributed by atoms with van der Waals surface area (Å²) in [7, 11) is 1.68. The van der Waals surface area contributed by atoms with Crippen LogP contribution in [-0.2, 0) is 6.54 Å². The van der Waals surface area contributed by atoms with Crippen LogP contribution < -0.4 is 10.5 Å². The zero-order valence-corrected chi connectivity index (χ0v) is 10.4. The average Bonchev–Trinajstić information content (AvgIpc) is 2.75. The summed E-state index contributed by atoms with van der Waals surface area (Å²) in [5.41, 5.74) is 11.0. The van der Waals surface area contributed by atoms with Gasteiger partial charge in [0.2, 0.25) is 0 Å².